The summed E-state index contributed by atoms with van der Waals surface area (Å²) >= 11 is 9.34. The summed E-state index contributed by atoms with van der Waals surface area (Å²) < 4.78 is 21.2. The smallest absolute Gasteiger partial charge is 0.407 e. The number of likely N-dealkylation sites (tertiary alicyclic amines) is 2. The molecule has 1 aromatic carbocycles. The number of carbonyl (C=O) groups excluding carboxylic acids is 1. The monoisotopic (exact) mass is 527 g/mol. The molecule has 0 bridgehead atoms. The molecule has 0 unspecified atom stereocenters. The van der Waals surface area contributed by atoms with E-state index in [9.17, 15) is 14.7 Å². The van der Waals surface area contributed by atoms with Crippen LogP contribution in [0.3, 0.4) is 0 Å². The Morgan fingerprint density at radius 2 is 2.22 bits per heavy atom. The molecule has 1 aromatic heterocycles. The molecule has 2 saturated heterocycles. The number of likely N-dealkylation sites (N-methyl/N-ethyl adjacent to an activating group) is 1. The minimum atomic E-state index is -1.15. The Balaban J connectivity index is 1.59. The van der Waals surface area contributed by atoms with Crippen molar-refractivity contribution in [2.24, 2.45) is 0 Å². The number of amides is 2. The van der Waals surface area contributed by atoms with Gasteiger partial charge >= 0.3 is 6.09 Å². The van der Waals surface area contributed by atoms with E-state index in [-0.39, 0.29) is 40.0 Å². The number of nitrogens with zero attached hydrogens (tertiary/aromatic N) is 3. The number of hydrogen-bond donors (Lipinski definition) is 3. The zero-order valence-electron chi connectivity index (χ0n) is 17.0. The van der Waals surface area contributed by atoms with Crippen LogP contribution < -0.4 is 15.4 Å². The van der Waals surface area contributed by atoms with Crippen LogP contribution in [-0.4, -0.2) is 76.8 Å². The molecule has 1 atom stereocenters. The van der Waals surface area contributed by atoms with Gasteiger partial charge in [-0.1, -0.05) is 11.6 Å². The quantitative estimate of drug-likeness (QED) is 0.525. The number of pyridine rings is 1. The molecule has 0 aliphatic carbocycles. The molecule has 0 saturated carbocycles. The van der Waals surface area contributed by atoms with Crippen molar-refractivity contribution in [1.29, 1.82) is 0 Å². The number of ether oxygens (including phenoxy) is 1. The average Bonchev–Trinajstić information content (AvgIpc) is 3.13. The summed E-state index contributed by atoms with van der Waals surface area (Å²) in [7, 11) is 2.01. The highest BCUT2D eigenvalue weighted by atomic mass is 79.9. The second-order valence-electron chi connectivity index (χ2n) is 8.44. The summed E-state index contributed by atoms with van der Waals surface area (Å²) in [5, 5.41) is 15.7. The molecule has 9 nitrogen and oxygen atoms in total. The van der Waals surface area contributed by atoms with Gasteiger partial charge in [0.2, 0.25) is 5.88 Å². The largest absolute Gasteiger partial charge is 0.474 e. The molecule has 32 heavy (non-hydrogen) atoms. The van der Waals surface area contributed by atoms with Gasteiger partial charge in [-0.05, 0) is 48.4 Å². The van der Waals surface area contributed by atoms with Crippen LogP contribution in [0.2, 0.25) is 5.02 Å². The van der Waals surface area contributed by atoms with E-state index in [0.29, 0.717) is 23.4 Å². The van der Waals surface area contributed by atoms with Crippen LogP contribution >= 0.6 is 27.5 Å². The zero-order valence-corrected chi connectivity index (χ0v) is 19.4. The predicted molar refractivity (Wildman–Crippen MR) is 120 cm³/mol. The van der Waals surface area contributed by atoms with Crippen molar-refractivity contribution in [2.45, 2.75) is 24.4 Å². The highest BCUT2D eigenvalue weighted by Gasteiger charge is 2.54. The molecule has 4 heterocycles. The fraction of sp³-hybridized carbons (Fsp3) is 0.450. The van der Waals surface area contributed by atoms with Gasteiger partial charge in [0, 0.05) is 11.4 Å². The lowest BCUT2D eigenvalue weighted by molar-refractivity contribution is -0.125. The molecule has 1 spiro atoms. The maximum atomic E-state index is 15.1. The topological polar surface area (TPSA) is 107 Å². The first-order chi connectivity index (χ1) is 15.2. The van der Waals surface area contributed by atoms with E-state index >= 15 is 4.39 Å². The van der Waals surface area contributed by atoms with Crippen LogP contribution in [0.1, 0.15) is 12.8 Å². The van der Waals surface area contributed by atoms with Crippen molar-refractivity contribution in [1.82, 2.24) is 14.8 Å². The van der Waals surface area contributed by atoms with Crippen LogP contribution in [0.25, 0.3) is 10.9 Å². The minimum absolute atomic E-state index is 0.0306. The first-order valence-corrected chi connectivity index (χ1v) is 11.3. The molecule has 3 N–H and O–H groups in total. The summed E-state index contributed by atoms with van der Waals surface area (Å²) in [6, 6.07) is 1.75. The van der Waals surface area contributed by atoms with Crippen molar-refractivity contribution in [2.75, 3.05) is 43.9 Å². The number of benzene rings is 1. The third-order valence-electron chi connectivity index (χ3n) is 6.40. The summed E-state index contributed by atoms with van der Waals surface area (Å²) in [5.74, 6) is -0.937. The van der Waals surface area contributed by atoms with Crippen LogP contribution in [0.4, 0.5) is 20.6 Å². The van der Waals surface area contributed by atoms with Crippen LogP contribution in [0, 0.1) is 5.82 Å². The van der Waals surface area contributed by atoms with E-state index in [1.807, 2.05) is 7.05 Å². The van der Waals surface area contributed by atoms with E-state index in [1.54, 1.807) is 6.07 Å². The standard InChI is InChI=1S/C20H20BrClFN5O4/c1-27-4-2-3-9(27)6-32-17-16-15(10-5-11(22)12(21)13(23)14(10)24-17)26-20(18(29)25-16)7-28(8-20)19(30)31/h5,9,26H,2-4,6-8H2,1H3,(H,25,29)(H,30,31)/t9-/m0/s1. The van der Waals surface area contributed by atoms with Gasteiger partial charge in [-0.25, -0.2) is 14.2 Å². The molecule has 2 aromatic rings. The molecule has 0 radical (unpaired) electrons. The summed E-state index contributed by atoms with van der Waals surface area (Å²) in [6.07, 6.45) is 0.924. The fourth-order valence-corrected chi connectivity index (χ4v) is 4.99. The maximum Gasteiger partial charge on any atom is 0.407 e. The lowest BCUT2D eigenvalue weighted by Crippen LogP contribution is -2.73. The second-order valence-corrected chi connectivity index (χ2v) is 9.64. The van der Waals surface area contributed by atoms with E-state index in [1.165, 1.54) is 0 Å². The maximum absolute atomic E-state index is 15.1. The Morgan fingerprint density at radius 1 is 1.47 bits per heavy atom. The Morgan fingerprint density at radius 3 is 2.88 bits per heavy atom. The Labute approximate surface area is 196 Å². The van der Waals surface area contributed by atoms with Crippen LogP contribution in [0.15, 0.2) is 10.5 Å². The summed E-state index contributed by atoms with van der Waals surface area (Å²) in [5.41, 5.74) is -0.426. The third-order valence-corrected chi connectivity index (χ3v) is 7.70. The van der Waals surface area contributed by atoms with Crippen molar-refractivity contribution in [3.05, 3.63) is 21.4 Å². The number of halogens is 3. The lowest BCUT2D eigenvalue weighted by atomic mass is 9.86. The number of anilines is 2. The molecule has 5 rings (SSSR count). The number of fused-ring (bicyclic) bond motifs is 3. The van der Waals surface area contributed by atoms with Gasteiger partial charge in [0.05, 0.1) is 28.3 Å². The first kappa shape index (κ1) is 21.5. The van der Waals surface area contributed by atoms with Gasteiger partial charge in [-0.3, -0.25) is 4.79 Å². The van der Waals surface area contributed by atoms with Gasteiger partial charge in [0.25, 0.3) is 5.91 Å². The van der Waals surface area contributed by atoms with Crippen molar-refractivity contribution in [3.8, 4) is 5.88 Å². The molecule has 12 heteroatoms. The van der Waals surface area contributed by atoms with Crippen LogP contribution in [0.5, 0.6) is 5.88 Å². The highest BCUT2D eigenvalue weighted by Crippen LogP contribution is 2.46. The van der Waals surface area contributed by atoms with Crippen molar-refractivity contribution >= 4 is 61.8 Å². The Bertz CT molecular complexity index is 1160. The SMILES string of the molecule is CN1CCC[C@H]1COc1nc2c(F)c(Br)c(Cl)cc2c2c1NC(=O)C1(CN(C(=O)O)C1)N2. The number of aromatic nitrogens is 1. The van der Waals surface area contributed by atoms with Gasteiger partial charge in [-0.15, -0.1) is 0 Å². The molecular formula is C20H20BrClFN5O4. The minimum Gasteiger partial charge on any atom is -0.474 e. The van der Waals surface area contributed by atoms with Gasteiger partial charge in [0.15, 0.2) is 11.4 Å². The van der Waals surface area contributed by atoms with Crippen molar-refractivity contribution < 1.29 is 23.8 Å². The fourth-order valence-electron chi connectivity index (χ4n) is 4.49. The van der Waals surface area contributed by atoms with E-state index in [2.05, 4.69) is 36.4 Å². The first-order valence-electron chi connectivity index (χ1n) is 10.1. The third kappa shape index (κ3) is 3.25. The number of nitrogens with one attached hydrogen (secondary N) is 2. The molecule has 3 aliphatic heterocycles. The molecule has 170 valence electrons. The Kier molecular flexibility index (Phi) is 5.10. The van der Waals surface area contributed by atoms with Crippen molar-refractivity contribution in [3.63, 3.8) is 0 Å². The highest BCUT2D eigenvalue weighted by molar-refractivity contribution is 9.10. The van der Waals surface area contributed by atoms with E-state index < -0.39 is 23.4 Å². The van der Waals surface area contributed by atoms with Gasteiger partial charge in [-0.2, -0.15) is 0 Å². The van der Waals surface area contributed by atoms with Gasteiger partial charge < -0.3 is 30.3 Å². The number of carbonyl (C=O) groups is 2. The number of carboxylic acid groups (broad SMARTS) is 1. The number of hydrogen-bond acceptors (Lipinski definition) is 6. The van der Waals surface area contributed by atoms with E-state index in [0.717, 1.165) is 24.3 Å². The molecular weight excluding hydrogens is 509 g/mol. The van der Waals surface area contributed by atoms with E-state index in [4.69, 9.17) is 16.3 Å². The van der Waals surface area contributed by atoms with Crippen LogP contribution in [-0.2, 0) is 4.79 Å². The number of rotatable bonds is 3. The second kappa shape index (κ2) is 7.60. The average molecular weight is 529 g/mol. The molecule has 2 fully saturated rings. The van der Waals surface area contributed by atoms with Gasteiger partial charge in [0.1, 0.15) is 17.8 Å². The lowest BCUT2D eigenvalue weighted by Gasteiger charge is -2.50. The predicted octanol–water partition coefficient (Wildman–Crippen LogP) is 3.36. The normalized spacial score (nSPS) is 21.8. The summed E-state index contributed by atoms with van der Waals surface area (Å²) in [6.45, 7) is 1.24. The Hall–Kier alpha value is -2.37. The summed E-state index contributed by atoms with van der Waals surface area (Å²) in [4.78, 5) is 31.9. The molecule has 3 aliphatic rings. The molecule has 2 amide bonds. The zero-order chi connectivity index (χ0) is 22.8.